The smallest absolute Gasteiger partial charge is 0.338 e. The van der Waals surface area contributed by atoms with E-state index in [1.54, 1.807) is 6.07 Å². The van der Waals surface area contributed by atoms with Crippen LogP contribution in [0.15, 0.2) is 18.2 Å². The molecule has 0 heterocycles. The summed E-state index contributed by atoms with van der Waals surface area (Å²) in [5.41, 5.74) is 0.436. The van der Waals surface area contributed by atoms with Gasteiger partial charge in [0.15, 0.2) is 0 Å². The fraction of sp³-hybridized carbons (Fsp3) is 0.500. The van der Waals surface area contributed by atoms with Crippen LogP contribution in [0.3, 0.4) is 0 Å². The summed E-state index contributed by atoms with van der Waals surface area (Å²) in [6, 6.07) is 4.16. The van der Waals surface area contributed by atoms with E-state index in [9.17, 15) is 9.18 Å². The molecule has 0 aliphatic carbocycles. The number of benzene rings is 1. The van der Waals surface area contributed by atoms with Crippen molar-refractivity contribution >= 4 is 5.97 Å². The van der Waals surface area contributed by atoms with Crippen LogP contribution in [0, 0.1) is 5.82 Å². The average Bonchev–Trinajstić information content (AvgIpc) is 2.37. The first-order valence-electron chi connectivity index (χ1n) is 6.48. The number of unbranched alkanes of at least 4 members (excludes halogenated alkanes) is 3. The van der Waals surface area contributed by atoms with Gasteiger partial charge in [-0.05, 0) is 37.1 Å². The molecule has 19 heavy (non-hydrogen) atoms. The van der Waals surface area contributed by atoms with Gasteiger partial charge >= 0.3 is 5.97 Å². The molecule has 1 aromatic carbocycles. The Labute approximate surface area is 112 Å². The van der Waals surface area contributed by atoms with Crippen LogP contribution in [0.1, 0.15) is 41.6 Å². The van der Waals surface area contributed by atoms with Crippen molar-refractivity contribution in [3.8, 4) is 0 Å². The lowest BCUT2D eigenvalue weighted by molar-refractivity contribution is 0.0692. The maximum absolute atomic E-state index is 13.4. The molecule has 3 N–H and O–H groups in total. The zero-order valence-corrected chi connectivity index (χ0v) is 10.9. The summed E-state index contributed by atoms with van der Waals surface area (Å²) in [6.45, 7) is 1.59. The predicted molar refractivity (Wildman–Crippen MR) is 70.6 cm³/mol. The lowest BCUT2D eigenvalue weighted by Crippen LogP contribution is -2.15. The first-order chi connectivity index (χ1) is 9.15. The molecule has 0 bridgehead atoms. The van der Waals surface area contributed by atoms with Gasteiger partial charge in [-0.15, -0.1) is 0 Å². The van der Waals surface area contributed by atoms with E-state index in [-0.39, 0.29) is 12.2 Å². The molecule has 0 fully saturated rings. The first kappa shape index (κ1) is 15.6. The van der Waals surface area contributed by atoms with Crippen LogP contribution in [0.25, 0.3) is 0 Å². The second-order valence-corrected chi connectivity index (χ2v) is 4.43. The molecule has 0 aromatic heterocycles. The van der Waals surface area contributed by atoms with Crippen LogP contribution in [0.2, 0.25) is 0 Å². The highest BCUT2D eigenvalue weighted by molar-refractivity contribution is 5.87. The zero-order valence-electron chi connectivity index (χ0n) is 10.9. The monoisotopic (exact) mass is 269 g/mol. The van der Waals surface area contributed by atoms with Crippen molar-refractivity contribution in [2.45, 2.75) is 32.2 Å². The third-order valence-corrected chi connectivity index (χ3v) is 2.85. The van der Waals surface area contributed by atoms with Gasteiger partial charge in [0, 0.05) is 13.2 Å². The zero-order chi connectivity index (χ0) is 14.1. The number of aliphatic hydroxyl groups is 1. The van der Waals surface area contributed by atoms with Crippen molar-refractivity contribution in [3.63, 3.8) is 0 Å². The highest BCUT2D eigenvalue weighted by Crippen LogP contribution is 2.10. The van der Waals surface area contributed by atoms with Crippen LogP contribution >= 0.6 is 0 Å². The van der Waals surface area contributed by atoms with E-state index in [1.807, 2.05) is 0 Å². The second-order valence-electron chi connectivity index (χ2n) is 4.43. The number of nitrogens with one attached hydrogen (secondary N) is 1. The maximum atomic E-state index is 13.4. The van der Waals surface area contributed by atoms with Crippen molar-refractivity contribution in [2.24, 2.45) is 0 Å². The third kappa shape index (κ3) is 5.81. The van der Waals surface area contributed by atoms with Crippen molar-refractivity contribution in [3.05, 3.63) is 35.1 Å². The number of aliphatic hydroxyl groups excluding tert-OH is 1. The summed E-state index contributed by atoms with van der Waals surface area (Å²) in [4.78, 5) is 10.6. The van der Waals surface area contributed by atoms with E-state index in [2.05, 4.69) is 5.32 Å². The molecule has 1 rings (SSSR count). The van der Waals surface area contributed by atoms with E-state index in [4.69, 9.17) is 10.2 Å². The molecule has 0 spiro atoms. The highest BCUT2D eigenvalue weighted by Gasteiger charge is 2.09. The molecule has 5 heteroatoms. The van der Waals surface area contributed by atoms with Gasteiger partial charge in [0.1, 0.15) is 5.82 Å². The summed E-state index contributed by atoms with van der Waals surface area (Å²) >= 11 is 0. The molecular formula is C14H20FNO3. The summed E-state index contributed by atoms with van der Waals surface area (Å²) in [5, 5.41) is 20.5. The van der Waals surface area contributed by atoms with E-state index in [0.717, 1.165) is 37.8 Å². The Morgan fingerprint density at radius 2 is 1.95 bits per heavy atom. The van der Waals surface area contributed by atoms with Crippen LogP contribution in [-0.4, -0.2) is 29.3 Å². The average molecular weight is 269 g/mol. The van der Waals surface area contributed by atoms with Gasteiger partial charge in [-0.3, -0.25) is 0 Å². The minimum atomic E-state index is -1.25. The fourth-order valence-corrected chi connectivity index (χ4v) is 1.79. The highest BCUT2D eigenvalue weighted by atomic mass is 19.1. The summed E-state index contributed by atoms with van der Waals surface area (Å²) in [5.74, 6) is -1.95. The molecule has 0 unspecified atom stereocenters. The Morgan fingerprint density at radius 3 is 2.58 bits per heavy atom. The van der Waals surface area contributed by atoms with Gasteiger partial charge in [0.25, 0.3) is 0 Å². The third-order valence-electron chi connectivity index (χ3n) is 2.85. The first-order valence-corrected chi connectivity index (χ1v) is 6.48. The molecule has 0 aliphatic heterocycles. The van der Waals surface area contributed by atoms with Crippen molar-refractivity contribution < 1.29 is 19.4 Å². The van der Waals surface area contributed by atoms with Crippen LogP contribution in [-0.2, 0) is 6.54 Å². The Balaban J connectivity index is 2.26. The fourth-order valence-electron chi connectivity index (χ4n) is 1.79. The predicted octanol–water partition coefficient (Wildman–Crippen LogP) is 2.17. The Hall–Kier alpha value is -1.46. The minimum Gasteiger partial charge on any atom is -0.478 e. The molecule has 0 saturated heterocycles. The largest absolute Gasteiger partial charge is 0.478 e. The van der Waals surface area contributed by atoms with Gasteiger partial charge in [0.2, 0.25) is 0 Å². The number of carboxylic acids is 1. The molecular weight excluding hydrogens is 249 g/mol. The molecule has 0 atom stereocenters. The summed E-state index contributed by atoms with van der Waals surface area (Å²) in [7, 11) is 0. The van der Waals surface area contributed by atoms with Crippen LogP contribution in [0.4, 0.5) is 4.39 Å². The van der Waals surface area contributed by atoms with Crippen molar-refractivity contribution in [1.82, 2.24) is 5.32 Å². The second kappa shape index (κ2) is 8.61. The topological polar surface area (TPSA) is 69.6 Å². The lowest BCUT2D eigenvalue weighted by atomic mass is 10.1. The number of rotatable bonds is 9. The van der Waals surface area contributed by atoms with Crippen LogP contribution in [0.5, 0.6) is 0 Å². The number of carbonyl (C=O) groups is 1. The normalized spacial score (nSPS) is 10.6. The van der Waals surface area contributed by atoms with Crippen LogP contribution < -0.4 is 5.32 Å². The van der Waals surface area contributed by atoms with Gasteiger partial charge in [-0.25, -0.2) is 9.18 Å². The van der Waals surface area contributed by atoms with E-state index >= 15 is 0 Å². The van der Waals surface area contributed by atoms with E-state index in [1.165, 1.54) is 12.1 Å². The maximum Gasteiger partial charge on any atom is 0.338 e. The molecule has 106 valence electrons. The van der Waals surface area contributed by atoms with E-state index in [0.29, 0.717) is 6.54 Å². The minimum absolute atomic E-state index is 0.239. The number of halogens is 1. The molecule has 0 aliphatic rings. The SMILES string of the molecule is O=C(O)c1ccc(CNCCCCCCO)cc1F. The Morgan fingerprint density at radius 1 is 1.21 bits per heavy atom. The Kier molecular flexibility index (Phi) is 7.07. The van der Waals surface area contributed by atoms with Gasteiger partial charge in [-0.2, -0.15) is 0 Å². The van der Waals surface area contributed by atoms with Crippen molar-refractivity contribution in [2.75, 3.05) is 13.2 Å². The number of aromatic carboxylic acids is 1. The lowest BCUT2D eigenvalue weighted by Gasteiger charge is -2.06. The molecule has 4 nitrogen and oxygen atoms in total. The molecule has 0 amide bonds. The number of hydrogen-bond donors (Lipinski definition) is 3. The summed E-state index contributed by atoms with van der Waals surface area (Å²) < 4.78 is 13.4. The summed E-state index contributed by atoms with van der Waals surface area (Å²) in [6.07, 6.45) is 3.91. The van der Waals surface area contributed by atoms with Gasteiger partial charge in [-0.1, -0.05) is 18.9 Å². The molecule has 0 saturated carbocycles. The van der Waals surface area contributed by atoms with E-state index < -0.39 is 11.8 Å². The molecule has 0 radical (unpaired) electrons. The molecule has 1 aromatic rings. The standard InChI is InChI=1S/C14H20FNO3/c15-13-9-11(5-6-12(13)14(18)19)10-16-7-3-1-2-4-8-17/h5-6,9,16-17H,1-4,7-8,10H2,(H,18,19). The number of hydrogen-bond acceptors (Lipinski definition) is 3. The van der Waals surface area contributed by atoms with Gasteiger partial charge in [0.05, 0.1) is 5.56 Å². The van der Waals surface area contributed by atoms with Gasteiger partial charge < -0.3 is 15.5 Å². The quantitative estimate of drug-likeness (QED) is 0.601. The van der Waals surface area contributed by atoms with Crippen molar-refractivity contribution in [1.29, 1.82) is 0 Å². The Bertz CT molecular complexity index is 410. The number of carboxylic acid groups (broad SMARTS) is 1.